The van der Waals surface area contributed by atoms with Gasteiger partial charge in [-0.05, 0) is 36.5 Å². The van der Waals surface area contributed by atoms with Crippen molar-refractivity contribution in [3.05, 3.63) is 28.8 Å². The normalized spacial score (nSPS) is 29.0. The summed E-state index contributed by atoms with van der Waals surface area (Å²) in [6, 6.07) is 5.48. The molecule has 112 valence electrons. The second-order valence-electron chi connectivity index (χ2n) is 5.56. The molecule has 0 amide bonds. The maximum atomic E-state index is 12.8. The zero-order valence-electron chi connectivity index (χ0n) is 10.8. The lowest BCUT2D eigenvalue weighted by molar-refractivity contribution is -0.210. The van der Waals surface area contributed by atoms with E-state index in [9.17, 15) is 18.3 Å². The summed E-state index contributed by atoms with van der Waals surface area (Å²) in [5.74, 6) is 0.0671. The van der Waals surface area contributed by atoms with E-state index >= 15 is 0 Å². The third-order valence-corrected chi connectivity index (χ3v) is 4.58. The van der Waals surface area contributed by atoms with Gasteiger partial charge >= 0.3 is 6.18 Å². The molecule has 1 aromatic rings. The predicted molar refractivity (Wildman–Crippen MR) is 71.0 cm³/mol. The summed E-state index contributed by atoms with van der Waals surface area (Å²) in [6.07, 6.45) is -6.29. The number of fused-ring (bicyclic) bond motifs is 1. The van der Waals surface area contributed by atoms with Crippen LogP contribution in [0.1, 0.15) is 12.0 Å². The lowest BCUT2D eigenvalue weighted by Crippen LogP contribution is -2.49. The highest BCUT2D eigenvalue weighted by Crippen LogP contribution is 2.53. The molecule has 3 nitrogen and oxygen atoms in total. The van der Waals surface area contributed by atoms with E-state index in [1.54, 1.807) is 11.0 Å². The molecule has 0 aromatic heterocycles. The van der Waals surface area contributed by atoms with Gasteiger partial charge in [0.2, 0.25) is 0 Å². The molecule has 1 saturated heterocycles. The lowest BCUT2D eigenvalue weighted by atomic mass is 10.0. The van der Waals surface area contributed by atoms with Gasteiger partial charge < -0.3 is 10.0 Å². The van der Waals surface area contributed by atoms with Crippen molar-refractivity contribution in [3.63, 3.8) is 0 Å². The van der Waals surface area contributed by atoms with Crippen LogP contribution in [0.3, 0.4) is 0 Å². The Morgan fingerprint density at radius 2 is 2.14 bits per heavy atom. The van der Waals surface area contributed by atoms with Crippen LogP contribution >= 0.6 is 11.6 Å². The third kappa shape index (κ3) is 2.45. The molecule has 2 aliphatic rings. The number of alkyl halides is 3. The minimum atomic E-state index is -4.64. The van der Waals surface area contributed by atoms with Gasteiger partial charge in [0.1, 0.15) is 6.07 Å². The summed E-state index contributed by atoms with van der Waals surface area (Å²) in [7, 11) is 0. The number of nitrogens with zero attached hydrogens (tertiary/aromatic N) is 2. The Labute approximate surface area is 124 Å². The number of benzene rings is 1. The molecular weight excluding hydrogens is 305 g/mol. The molecule has 1 aliphatic heterocycles. The molecule has 0 bridgehead atoms. The number of halogens is 4. The molecule has 2 fully saturated rings. The van der Waals surface area contributed by atoms with Crippen LogP contribution in [0.25, 0.3) is 0 Å². The maximum absolute atomic E-state index is 12.8. The molecule has 1 aliphatic carbocycles. The summed E-state index contributed by atoms with van der Waals surface area (Å²) in [5, 5.41) is 18.7. The second-order valence-corrected chi connectivity index (χ2v) is 5.97. The Balaban J connectivity index is 1.91. The Hall–Kier alpha value is -1.45. The van der Waals surface area contributed by atoms with Crippen molar-refractivity contribution in [2.24, 2.45) is 11.8 Å². The van der Waals surface area contributed by atoms with Crippen LogP contribution in [0.15, 0.2) is 18.2 Å². The molecule has 1 N–H and O–H groups in total. The minimum absolute atomic E-state index is 0.129. The second kappa shape index (κ2) is 4.79. The number of hydrogen-bond acceptors (Lipinski definition) is 3. The van der Waals surface area contributed by atoms with Crippen LogP contribution < -0.4 is 4.90 Å². The van der Waals surface area contributed by atoms with Crippen LogP contribution in [0, 0.1) is 23.2 Å². The highest BCUT2D eigenvalue weighted by atomic mass is 35.5. The number of aliphatic hydroxyl groups excluding tert-OH is 1. The van der Waals surface area contributed by atoms with Gasteiger partial charge in [0.05, 0.1) is 16.6 Å². The van der Waals surface area contributed by atoms with Crippen molar-refractivity contribution >= 4 is 17.3 Å². The highest BCUT2D eigenvalue weighted by Gasteiger charge is 2.60. The summed E-state index contributed by atoms with van der Waals surface area (Å²) in [5.41, 5.74) is 0.789. The number of rotatable bonds is 2. The Morgan fingerprint density at radius 1 is 1.43 bits per heavy atom. The maximum Gasteiger partial charge on any atom is 0.416 e. The topological polar surface area (TPSA) is 47.3 Å². The molecule has 4 atom stereocenters. The summed E-state index contributed by atoms with van der Waals surface area (Å²) in [6.45, 7) is 0.477. The Kier molecular flexibility index (Phi) is 3.30. The van der Waals surface area contributed by atoms with Crippen molar-refractivity contribution in [1.29, 1.82) is 5.26 Å². The fraction of sp³-hybridized carbons (Fsp3) is 0.500. The van der Waals surface area contributed by atoms with E-state index in [0.717, 1.165) is 6.42 Å². The van der Waals surface area contributed by atoms with Gasteiger partial charge in [-0.25, -0.2) is 0 Å². The van der Waals surface area contributed by atoms with E-state index in [2.05, 4.69) is 0 Å². The van der Waals surface area contributed by atoms with Gasteiger partial charge in [0.15, 0.2) is 6.10 Å². The van der Waals surface area contributed by atoms with Crippen molar-refractivity contribution < 1.29 is 18.3 Å². The zero-order valence-corrected chi connectivity index (χ0v) is 11.6. The quantitative estimate of drug-likeness (QED) is 0.912. The molecule has 3 rings (SSSR count). The SMILES string of the molecule is N#Cc1ccc(N2C[C@@H]3C[C@@H]3[C@@H]2[C@H](O)C(F)(F)F)cc1Cl. The van der Waals surface area contributed by atoms with Crippen molar-refractivity contribution in [2.45, 2.75) is 24.7 Å². The predicted octanol–water partition coefficient (Wildman–Crippen LogP) is 2.96. The van der Waals surface area contributed by atoms with E-state index in [0.29, 0.717) is 12.2 Å². The van der Waals surface area contributed by atoms with E-state index in [4.69, 9.17) is 16.9 Å². The molecule has 7 heteroatoms. The number of aliphatic hydroxyl groups is 1. The zero-order chi connectivity index (χ0) is 15.4. The largest absolute Gasteiger partial charge is 0.416 e. The summed E-state index contributed by atoms with van der Waals surface area (Å²) >= 11 is 5.94. The molecular formula is C14H12ClF3N2O. The van der Waals surface area contributed by atoms with Crippen molar-refractivity contribution in [1.82, 2.24) is 0 Å². The standard InChI is InChI=1S/C14H12ClF3N2O/c15-11-4-9(2-1-7(11)5-19)20-6-8-3-10(8)12(20)13(21)14(16,17)18/h1-2,4,8,10,12-13,21H,3,6H2/t8-,10-,12+,13-/m0/s1. The number of nitriles is 1. The summed E-state index contributed by atoms with van der Waals surface area (Å²) in [4.78, 5) is 1.56. The van der Waals surface area contributed by atoms with Gasteiger partial charge in [-0.15, -0.1) is 0 Å². The first-order chi connectivity index (χ1) is 9.82. The Bertz CT molecular complexity index is 613. The fourth-order valence-corrected chi connectivity index (χ4v) is 3.37. The Morgan fingerprint density at radius 3 is 2.71 bits per heavy atom. The fourth-order valence-electron chi connectivity index (χ4n) is 3.15. The minimum Gasteiger partial charge on any atom is -0.382 e. The molecule has 0 unspecified atom stereocenters. The van der Waals surface area contributed by atoms with Gasteiger partial charge in [0, 0.05) is 12.2 Å². The van der Waals surface area contributed by atoms with Gasteiger partial charge in [-0.3, -0.25) is 0 Å². The number of anilines is 1. The first kappa shape index (κ1) is 14.5. The summed E-state index contributed by atoms with van der Waals surface area (Å²) < 4.78 is 38.5. The van der Waals surface area contributed by atoms with Crippen LogP contribution in [-0.4, -0.2) is 30.0 Å². The molecule has 1 aromatic carbocycles. The molecule has 21 heavy (non-hydrogen) atoms. The highest BCUT2D eigenvalue weighted by molar-refractivity contribution is 6.32. The van der Waals surface area contributed by atoms with E-state index < -0.39 is 18.3 Å². The van der Waals surface area contributed by atoms with Crippen LogP contribution in [0.2, 0.25) is 5.02 Å². The van der Waals surface area contributed by atoms with E-state index in [-0.39, 0.29) is 22.4 Å². The van der Waals surface area contributed by atoms with Crippen molar-refractivity contribution in [3.8, 4) is 6.07 Å². The van der Waals surface area contributed by atoms with Gasteiger partial charge in [-0.2, -0.15) is 18.4 Å². The van der Waals surface area contributed by atoms with E-state index in [1.807, 2.05) is 6.07 Å². The van der Waals surface area contributed by atoms with Crippen LogP contribution in [-0.2, 0) is 0 Å². The lowest BCUT2D eigenvalue weighted by Gasteiger charge is -2.34. The number of hydrogen-bond donors (Lipinski definition) is 1. The average Bonchev–Trinajstić information content (AvgIpc) is 3.08. The molecule has 1 heterocycles. The first-order valence-corrected chi connectivity index (χ1v) is 6.92. The van der Waals surface area contributed by atoms with Crippen LogP contribution in [0.5, 0.6) is 0 Å². The number of piperidine rings is 1. The monoisotopic (exact) mass is 316 g/mol. The van der Waals surface area contributed by atoms with Crippen LogP contribution in [0.4, 0.5) is 18.9 Å². The van der Waals surface area contributed by atoms with E-state index in [1.165, 1.54) is 12.1 Å². The van der Waals surface area contributed by atoms with Gasteiger partial charge in [-0.1, -0.05) is 11.6 Å². The smallest absolute Gasteiger partial charge is 0.382 e. The first-order valence-electron chi connectivity index (χ1n) is 6.54. The molecule has 0 spiro atoms. The average molecular weight is 317 g/mol. The third-order valence-electron chi connectivity index (χ3n) is 4.27. The molecule has 1 saturated carbocycles. The van der Waals surface area contributed by atoms with Crippen molar-refractivity contribution in [2.75, 3.05) is 11.4 Å². The molecule has 0 radical (unpaired) electrons. The van der Waals surface area contributed by atoms with Gasteiger partial charge in [0.25, 0.3) is 0 Å².